The van der Waals surface area contributed by atoms with Crippen molar-refractivity contribution in [3.8, 4) is 5.75 Å². The van der Waals surface area contributed by atoms with Crippen LogP contribution in [0.25, 0.3) is 0 Å². The molecule has 0 bridgehead atoms. The Labute approximate surface area is 134 Å². The quantitative estimate of drug-likeness (QED) is 0.580. The van der Waals surface area contributed by atoms with Crippen molar-refractivity contribution in [1.82, 2.24) is 0 Å². The Balaban J connectivity index is 2.21. The van der Waals surface area contributed by atoms with Crippen LogP contribution in [0.5, 0.6) is 5.75 Å². The van der Waals surface area contributed by atoms with Crippen LogP contribution in [0.2, 0.25) is 5.02 Å². The van der Waals surface area contributed by atoms with E-state index in [4.69, 9.17) is 21.1 Å². The maximum atomic E-state index is 13.4. The van der Waals surface area contributed by atoms with Gasteiger partial charge in [-0.1, -0.05) is 29.8 Å². The number of ether oxygens (including phenoxy) is 2. The van der Waals surface area contributed by atoms with E-state index in [1.54, 1.807) is 24.3 Å². The molecule has 0 aliphatic heterocycles. The molecule has 0 fully saturated rings. The minimum absolute atomic E-state index is 0.00388. The van der Waals surface area contributed by atoms with E-state index in [-0.39, 0.29) is 11.6 Å². The highest BCUT2D eigenvalue weighted by Crippen LogP contribution is 2.31. The molecule has 0 spiro atoms. The summed E-state index contributed by atoms with van der Waals surface area (Å²) in [6, 6.07) is 9.50. The third kappa shape index (κ3) is 3.74. The third-order valence-electron chi connectivity index (χ3n) is 2.78. The van der Waals surface area contributed by atoms with Gasteiger partial charge in [0.2, 0.25) is 0 Å². The third-order valence-corrected chi connectivity index (χ3v) is 3.69. The van der Waals surface area contributed by atoms with Crippen LogP contribution in [0.15, 0.2) is 40.9 Å². The van der Waals surface area contributed by atoms with E-state index in [2.05, 4.69) is 15.9 Å². The average Bonchev–Trinajstić information content (AvgIpc) is 2.49. The average molecular weight is 374 g/mol. The van der Waals surface area contributed by atoms with Crippen LogP contribution < -0.4 is 4.74 Å². The first-order valence-corrected chi connectivity index (χ1v) is 7.13. The number of rotatable bonds is 4. The highest BCUT2D eigenvalue weighted by molar-refractivity contribution is 9.10. The molecule has 110 valence electrons. The Morgan fingerprint density at radius 1 is 1.33 bits per heavy atom. The number of carbonyl (C=O) groups excluding carboxylic acids is 1. The first kappa shape index (κ1) is 15.8. The molecule has 0 radical (unpaired) electrons. The summed E-state index contributed by atoms with van der Waals surface area (Å²) in [4.78, 5) is 11.6. The van der Waals surface area contributed by atoms with E-state index in [9.17, 15) is 9.18 Å². The molecule has 0 saturated carbocycles. The molecule has 2 rings (SSSR count). The zero-order valence-electron chi connectivity index (χ0n) is 11.0. The summed E-state index contributed by atoms with van der Waals surface area (Å²) in [6.07, 6.45) is 0. The van der Waals surface area contributed by atoms with Gasteiger partial charge in [-0.3, -0.25) is 0 Å². The van der Waals surface area contributed by atoms with Crippen LogP contribution in [-0.4, -0.2) is 13.1 Å². The van der Waals surface area contributed by atoms with Gasteiger partial charge in [0.15, 0.2) is 0 Å². The van der Waals surface area contributed by atoms with Crippen molar-refractivity contribution in [2.75, 3.05) is 7.11 Å². The van der Waals surface area contributed by atoms with Crippen LogP contribution >= 0.6 is 27.5 Å². The number of esters is 1. The molecule has 2 aromatic rings. The predicted octanol–water partition coefficient (Wildman–Crippen LogP) is 4.61. The molecule has 0 aliphatic rings. The van der Waals surface area contributed by atoms with E-state index < -0.39 is 11.8 Å². The highest BCUT2D eigenvalue weighted by atomic mass is 79.9. The SMILES string of the molecule is COC(=O)c1ccccc1COc1cc(F)c(Cl)cc1Br. The van der Waals surface area contributed by atoms with Gasteiger partial charge in [-0.25, -0.2) is 9.18 Å². The molecule has 0 aliphatic carbocycles. The van der Waals surface area contributed by atoms with Crippen LogP contribution in [-0.2, 0) is 11.3 Å². The topological polar surface area (TPSA) is 35.5 Å². The standard InChI is InChI=1S/C15H11BrClFO3/c1-20-15(19)10-5-3-2-4-9(10)8-21-14-7-13(18)12(17)6-11(14)16/h2-7H,8H2,1H3. The zero-order chi connectivity index (χ0) is 15.4. The Hall–Kier alpha value is -1.59. The second-order valence-electron chi connectivity index (χ2n) is 4.13. The minimum Gasteiger partial charge on any atom is -0.488 e. The summed E-state index contributed by atoms with van der Waals surface area (Å²) in [5.74, 6) is -0.719. The Bertz CT molecular complexity index is 676. The molecular weight excluding hydrogens is 363 g/mol. The molecule has 0 heterocycles. The fourth-order valence-corrected chi connectivity index (χ4v) is 2.48. The van der Waals surface area contributed by atoms with Gasteiger partial charge in [0.05, 0.1) is 22.2 Å². The van der Waals surface area contributed by atoms with Crippen LogP contribution in [0, 0.1) is 5.82 Å². The largest absolute Gasteiger partial charge is 0.488 e. The van der Waals surface area contributed by atoms with Crippen molar-refractivity contribution < 1.29 is 18.7 Å². The predicted molar refractivity (Wildman–Crippen MR) is 81.2 cm³/mol. The Kier molecular flexibility index (Phi) is 5.20. The fraction of sp³-hybridized carbons (Fsp3) is 0.133. The van der Waals surface area contributed by atoms with E-state index in [1.807, 2.05) is 0 Å². The zero-order valence-corrected chi connectivity index (χ0v) is 13.4. The number of carbonyl (C=O) groups is 1. The molecule has 0 atom stereocenters. The molecule has 0 saturated heterocycles. The monoisotopic (exact) mass is 372 g/mol. The van der Waals surface area contributed by atoms with E-state index in [1.165, 1.54) is 19.2 Å². The molecule has 0 N–H and O–H groups in total. The maximum Gasteiger partial charge on any atom is 0.338 e. The molecule has 2 aromatic carbocycles. The number of hydrogen-bond donors (Lipinski definition) is 0. The van der Waals surface area contributed by atoms with Crippen LogP contribution in [0.4, 0.5) is 4.39 Å². The number of halogens is 3. The van der Waals surface area contributed by atoms with Gasteiger partial charge in [-0.05, 0) is 28.1 Å². The van der Waals surface area contributed by atoms with Crippen LogP contribution in [0.3, 0.4) is 0 Å². The first-order valence-electron chi connectivity index (χ1n) is 5.96. The smallest absolute Gasteiger partial charge is 0.338 e. The molecule has 3 nitrogen and oxygen atoms in total. The number of methoxy groups -OCH3 is 1. The minimum atomic E-state index is -0.573. The first-order chi connectivity index (χ1) is 10.0. The Morgan fingerprint density at radius 2 is 2.05 bits per heavy atom. The lowest BCUT2D eigenvalue weighted by Crippen LogP contribution is -2.08. The number of hydrogen-bond acceptors (Lipinski definition) is 3. The van der Waals surface area contributed by atoms with Crippen LogP contribution in [0.1, 0.15) is 15.9 Å². The summed E-state index contributed by atoms with van der Waals surface area (Å²) < 4.78 is 24.2. The van der Waals surface area contributed by atoms with Crippen molar-refractivity contribution in [2.45, 2.75) is 6.61 Å². The lowest BCUT2D eigenvalue weighted by Gasteiger charge is -2.11. The Morgan fingerprint density at radius 3 is 2.76 bits per heavy atom. The van der Waals surface area contributed by atoms with Gasteiger partial charge in [-0.2, -0.15) is 0 Å². The summed E-state index contributed by atoms with van der Waals surface area (Å²) in [6.45, 7) is 0.102. The fourth-order valence-electron chi connectivity index (χ4n) is 1.73. The van der Waals surface area contributed by atoms with E-state index >= 15 is 0 Å². The maximum absolute atomic E-state index is 13.4. The van der Waals surface area contributed by atoms with Crippen molar-refractivity contribution in [3.05, 3.63) is 62.8 Å². The van der Waals surface area contributed by atoms with Crippen molar-refractivity contribution >= 4 is 33.5 Å². The molecule has 21 heavy (non-hydrogen) atoms. The molecule has 0 unspecified atom stereocenters. The summed E-state index contributed by atoms with van der Waals surface area (Å²) in [5.41, 5.74) is 1.05. The highest BCUT2D eigenvalue weighted by Gasteiger charge is 2.13. The van der Waals surface area contributed by atoms with E-state index in [0.717, 1.165) is 0 Å². The lowest BCUT2D eigenvalue weighted by atomic mass is 10.1. The van der Waals surface area contributed by atoms with Gasteiger partial charge in [0.1, 0.15) is 18.2 Å². The van der Waals surface area contributed by atoms with Crippen molar-refractivity contribution in [2.24, 2.45) is 0 Å². The summed E-state index contributed by atoms with van der Waals surface area (Å²) in [5, 5.41) is 0.00388. The molecule has 0 aromatic heterocycles. The summed E-state index contributed by atoms with van der Waals surface area (Å²) in [7, 11) is 1.31. The molecule has 6 heteroatoms. The van der Waals surface area contributed by atoms with Gasteiger partial charge in [0.25, 0.3) is 0 Å². The van der Waals surface area contributed by atoms with E-state index in [0.29, 0.717) is 21.3 Å². The summed E-state index contributed by atoms with van der Waals surface area (Å²) >= 11 is 8.92. The van der Waals surface area contributed by atoms with Crippen molar-refractivity contribution in [1.29, 1.82) is 0 Å². The van der Waals surface area contributed by atoms with Crippen molar-refractivity contribution in [3.63, 3.8) is 0 Å². The van der Waals surface area contributed by atoms with Gasteiger partial charge in [-0.15, -0.1) is 0 Å². The van der Waals surface area contributed by atoms with Gasteiger partial charge < -0.3 is 9.47 Å². The molecule has 0 amide bonds. The second kappa shape index (κ2) is 6.91. The molecular formula is C15H11BrClFO3. The lowest BCUT2D eigenvalue weighted by molar-refractivity contribution is 0.0597. The van der Waals surface area contributed by atoms with Gasteiger partial charge in [0, 0.05) is 11.6 Å². The van der Waals surface area contributed by atoms with Gasteiger partial charge >= 0.3 is 5.97 Å². The number of benzene rings is 2. The normalized spacial score (nSPS) is 10.3. The second-order valence-corrected chi connectivity index (χ2v) is 5.40.